The van der Waals surface area contributed by atoms with Crippen LogP contribution in [-0.2, 0) is 25.2 Å². The molecule has 0 saturated heterocycles. The molecule has 2 rings (SSSR count). The summed E-state index contributed by atoms with van der Waals surface area (Å²) in [5.41, 5.74) is 1.05. The van der Waals surface area contributed by atoms with Crippen LogP contribution in [0.1, 0.15) is 24.8 Å². The number of hydrogen-bond acceptors (Lipinski definition) is 5. The fourth-order valence-electron chi connectivity index (χ4n) is 2.33. The molecule has 1 aliphatic heterocycles. The fraction of sp³-hybridized carbons (Fsp3) is 0.438. The van der Waals surface area contributed by atoms with Crippen molar-refractivity contribution in [3.63, 3.8) is 0 Å². The summed E-state index contributed by atoms with van der Waals surface area (Å²) in [5.74, 6) is -0.470. The Kier molecular flexibility index (Phi) is 6.08. The summed E-state index contributed by atoms with van der Waals surface area (Å²) in [6.45, 7) is 0.254. The normalized spacial score (nSPS) is 15.1. The summed E-state index contributed by atoms with van der Waals surface area (Å²) >= 11 is 0. The molecule has 1 heterocycles. The first-order valence-electron chi connectivity index (χ1n) is 7.74. The van der Waals surface area contributed by atoms with Gasteiger partial charge in [0.25, 0.3) is 5.91 Å². The van der Waals surface area contributed by atoms with Crippen molar-refractivity contribution < 1.29 is 18.0 Å². The average Bonchev–Trinajstić information content (AvgIpc) is 2.54. The lowest BCUT2D eigenvalue weighted by atomic mass is 10.1. The topological polar surface area (TPSA) is 95.9 Å². The maximum atomic E-state index is 12.0. The van der Waals surface area contributed by atoms with Gasteiger partial charge in [0.1, 0.15) is 5.71 Å². The molecule has 0 aliphatic carbocycles. The van der Waals surface area contributed by atoms with Gasteiger partial charge >= 0.3 is 0 Å². The number of benzene rings is 1. The Morgan fingerprint density at radius 1 is 1.25 bits per heavy atom. The highest BCUT2D eigenvalue weighted by Gasteiger charge is 2.21. The van der Waals surface area contributed by atoms with E-state index >= 15 is 0 Å². The van der Waals surface area contributed by atoms with Crippen LogP contribution in [0.4, 0.5) is 0 Å². The van der Waals surface area contributed by atoms with Gasteiger partial charge in [0.15, 0.2) is 9.84 Å². The molecular weight excluding hydrogens is 330 g/mol. The van der Waals surface area contributed by atoms with Crippen LogP contribution in [0, 0.1) is 0 Å². The first-order valence-corrected chi connectivity index (χ1v) is 9.56. The molecule has 0 radical (unpaired) electrons. The summed E-state index contributed by atoms with van der Waals surface area (Å²) in [6.07, 6.45) is 0.901. The number of nitrogens with zero attached hydrogens (tertiary/aromatic N) is 2. The summed E-state index contributed by atoms with van der Waals surface area (Å²) in [5, 5.41) is 7.72. The van der Waals surface area contributed by atoms with Crippen LogP contribution in [0.5, 0.6) is 0 Å². The number of carbonyl (C=O) groups excluding carboxylic acids is 2. The molecule has 0 unspecified atom stereocenters. The number of hydrazone groups is 1. The van der Waals surface area contributed by atoms with Crippen molar-refractivity contribution in [2.24, 2.45) is 5.10 Å². The van der Waals surface area contributed by atoms with Crippen LogP contribution >= 0.6 is 0 Å². The lowest BCUT2D eigenvalue weighted by molar-refractivity contribution is -0.130. The predicted molar refractivity (Wildman–Crippen MR) is 91.0 cm³/mol. The van der Waals surface area contributed by atoms with Gasteiger partial charge in [0, 0.05) is 26.4 Å². The minimum atomic E-state index is -3.21. The van der Waals surface area contributed by atoms with Crippen molar-refractivity contribution in [2.75, 3.05) is 19.3 Å². The van der Waals surface area contributed by atoms with E-state index in [1.165, 1.54) is 7.05 Å². The zero-order chi connectivity index (χ0) is 17.6. The van der Waals surface area contributed by atoms with E-state index in [1.54, 1.807) is 24.3 Å². The van der Waals surface area contributed by atoms with Crippen LogP contribution in [0.2, 0.25) is 0 Å². The Balaban J connectivity index is 1.75. The zero-order valence-corrected chi connectivity index (χ0v) is 14.4. The van der Waals surface area contributed by atoms with Gasteiger partial charge in [-0.2, -0.15) is 5.10 Å². The van der Waals surface area contributed by atoms with E-state index < -0.39 is 9.84 Å². The van der Waals surface area contributed by atoms with Gasteiger partial charge in [0.05, 0.1) is 11.5 Å². The smallest absolute Gasteiger partial charge is 0.267 e. The SMILES string of the molecule is CN1N=C(C(=O)NCCCS(=O)(=O)Cc2ccccc2)CCC1=O. The molecule has 1 aromatic carbocycles. The van der Waals surface area contributed by atoms with E-state index in [-0.39, 0.29) is 36.3 Å². The van der Waals surface area contributed by atoms with Gasteiger partial charge in [-0.1, -0.05) is 30.3 Å². The lowest BCUT2D eigenvalue weighted by Crippen LogP contribution is -2.38. The first-order chi connectivity index (χ1) is 11.4. The van der Waals surface area contributed by atoms with Crippen molar-refractivity contribution in [3.05, 3.63) is 35.9 Å². The molecule has 130 valence electrons. The van der Waals surface area contributed by atoms with Gasteiger partial charge < -0.3 is 5.32 Å². The second-order valence-electron chi connectivity index (χ2n) is 5.65. The Labute approximate surface area is 141 Å². The summed E-state index contributed by atoms with van der Waals surface area (Å²) in [7, 11) is -1.70. The highest BCUT2D eigenvalue weighted by molar-refractivity contribution is 7.90. The predicted octanol–water partition coefficient (Wildman–Crippen LogP) is 0.716. The molecule has 1 N–H and O–H groups in total. The Bertz CT molecular complexity index is 729. The minimum absolute atomic E-state index is 0.00139. The maximum Gasteiger partial charge on any atom is 0.267 e. The average molecular weight is 351 g/mol. The Hall–Kier alpha value is -2.22. The minimum Gasteiger partial charge on any atom is -0.351 e. The molecule has 0 bridgehead atoms. The second-order valence-corrected chi connectivity index (χ2v) is 7.84. The number of sulfone groups is 1. The van der Waals surface area contributed by atoms with Crippen LogP contribution in [0.25, 0.3) is 0 Å². The van der Waals surface area contributed by atoms with Crippen LogP contribution in [0.3, 0.4) is 0 Å². The van der Waals surface area contributed by atoms with Gasteiger partial charge in [-0.3, -0.25) is 9.59 Å². The van der Waals surface area contributed by atoms with Crippen molar-refractivity contribution in [3.8, 4) is 0 Å². The van der Waals surface area contributed by atoms with Gasteiger partial charge in [-0.15, -0.1) is 0 Å². The molecule has 0 spiro atoms. The standard InChI is InChI=1S/C16H21N3O4S/c1-19-15(20)9-8-14(18-19)16(21)17-10-5-11-24(22,23)12-13-6-3-2-4-7-13/h2-4,6-7H,5,8-12H2,1H3,(H,17,21). The third-order valence-corrected chi connectivity index (χ3v) is 5.30. The molecule has 1 aromatic rings. The first kappa shape index (κ1) is 18.1. The summed E-state index contributed by atoms with van der Waals surface area (Å²) in [4.78, 5) is 23.2. The van der Waals surface area contributed by atoms with E-state index in [9.17, 15) is 18.0 Å². The van der Waals surface area contributed by atoms with E-state index in [1.807, 2.05) is 6.07 Å². The third kappa shape index (κ3) is 5.45. The Morgan fingerprint density at radius 3 is 2.62 bits per heavy atom. The number of amides is 2. The lowest BCUT2D eigenvalue weighted by Gasteiger charge is -2.18. The van der Waals surface area contributed by atoms with Crippen LogP contribution in [0.15, 0.2) is 35.4 Å². The van der Waals surface area contributed by atoms with Crippen molar-refractivity contribution in [1.29, 1.82) is 0 Å². The molecule has 0 fully saturated rings. The van der Waals surface area contributed by atoms with E-state index in [4.69, 9.17) is 0 Å². The van der Waals surface area contributed by atoms with Gasteiger partial charge in [0.2, 0.25) is 5.91 Å². The fourth-order valence-corrected chi connectivity index (χ4v) is 3.76. The Morgan fingerprint density at radius 2 is 1.96 bits per heavy atom. The molecule has 0 saturated carbocycles. The van der Waals surface area contributed by atoms with E-state index in [0.717, 1.165) is 10.6 Å². The number of carbonyl (C=O) groups is 2. The molecule has 1 aliphatic rings. The highest BCUT2D eigenvalue weighted by atomic mass is 32.2. The molecule has 2 amide bonds. The highest BCUT2D eigenvalue weighted by Crippen LogP contribution is 2.08. The number of hydrogen-bond donors (Lipinski definition) is 1. The molecule has 0 atom stereocenters. The zero-order valence-electron chi connectivity index (χ0n) is 13.6. The maximum absolute atomic E-state index is 12.0. The molecule has 0 aromatic heterocycles. The molecule has 7 nitrogen and oxygen atoms in total. The van der Waals surface area contributed by atoms with E-state index in [2.05, 4.69) is 10.4 Å². The third-order valence-electron chi connectivity index (χ3n) is 3.62. The van der Waals surface area contributed by atoms with E-state index in [0.29, 0.717) is 18.6 Å². The van der Waals surface area contributed by atoms with Gasteiger partial charge in [-0.25, -0.2) is 13.4 Å². The van der Waals surface area contributed by atoms with Gasteiger partial charge in [-0.05, 0) is 12.0 Å². The summed E-state index contributed by atoms with van der Waals surface area (Å²) in [6, 6.07) is 9.00. The number of nitrogens with one attached hydrogen (secondary N) is 1. The molecule has 24 heavy (non-hydrogen) atoms. The van der Waals surface area contributed by atoms with Crippen LogP contribution < -0.4 is 5.32 Å². The molecule has 8 heteroatoms. The largest absolute Gasteiger partial charge is 0.351 e. The van der Waals surface area contributed by atoms with Crippen molar-refractivity contribution >= 4 is 27.4 Å². The van der Waals surface area contributed by atoms with Crippen LogP contribution in [-0.4, -0.2) is 50.3 Å². The quantitative estimate of drug-likeness (QED) is 0.732. The number of rotatable bonds is 7. The second kappa shape index (κ2) is 8.05. The van der Waals surface area contributed by atoms with Crippen molar-refractivity contribution in [2.45, 2.75) is 25.0 Å². The van der Waals surface area contributed by atoms with Crippen molar-refractivity contribution in [1.82, 2.24) is 10.3 Å². The molecular formula is C16H21N3O4S. The monoisotopic (exact) mass is 351 g/mol. The summed E-state index contributed by atoms with van der Waals surface area (Å²) < 4.78 is 24.1.